The molecular weight excluding hydrogens is 264 g/mol. The topological polar surface area (TPSA) is 61.6 Å². The Hall–Kier alpha value is -0.650. The van der Waals surface area contributed by atoms with Gasteiger partial charge in [0.25, 0.3) is 0 Å². The molecule has 2 rings (SSSR count). The number of amides is 1. The van der Waals surface area contributed by atoms with Crippen LogP contribution in [0.4, 0.5) is 0 Å². The Morgan fingerprint density at radius 2 is 2.00 bits per heavy atom. The number of hydrogen-bond acceptors (Lipinski definition) is 4. The highest BCUT2D eigenvalue weighted by molar-refractivity contribution is 5.84. The van der Waals surface area contributed by atoms with E-state index in [9.17, 15) is 4.79 Å². The van der Waals surface area contributed by atoms with Gasteiger partial charge in [0.05, 0.1) is 5.54 Å². The maximum absolute atomic E-state index is 12.0. The lowest BCUT2D eigenvalue weighted by Gasteiger charge is -2.46. The van der Waals surface area contributed by atoms with Crippen LogP contribution in [0.15, 0.2) is 0 Å². The number of rotatable bonds is 6. The van der Waals surface area contributed by atoms with Crippen LogP contribution in [0.5, 0.6) is 0 Å². The quantitative estimate of drug-likeness (QED) is 0.761. The molecule has 0 aromatic heterocycles. The molecule has 1 saturated carbocycles. The molecule has 2 unspecified atom stereocenters. The van der Waals surface area contributed by atoms with E-state index in [4.69, 9.17) is 5.73 Å². The normalized spacial score (nSPS) is 32.2. The molecule has 1 heterocycles. The van der Waals surface area contributed by atoms with Crippen molar-refractivity contribution >= 4 is 5.91 Å². The maximum Gasteiger partial charge on any atom is 0.237 e. The molecule has 0 radical (unpaired) electrons. The van der Waals surface area contributed by atoms with Crippen molar-refractivity contribution in [3.8, 4) is 0 Å². The fraction of sp³-hybridized carbons (Fsp3) is 0.938. The number of nitrogens with zero attached hydrogens (tertiary/aromatic N) is 2. The van der Waals surface area contributed by atoms with Gasteiger partial charge in [-0.2, -0.15) is 0 Å². The highest BCUT2D eigenvalue weighted by Gasteiger charge is 2.42. The molecule has 1 aliphatic heterocycles. The van der Waals surface area contributed by atoms with Crippen molar-refractivity contribution in [2.24, 2.45) is 5.73 Å². The van der Waals surface area contributed by atoms with E-state index in [0.717, 1.165) is 52.0 Å². The second kappa shape index (κ2) is 7.56. The van der Waals surface area contributed by atoms with E-state index in [2.05, 4.69) is 29.0 Å². The first-order valence-corrected chi connectivity index (χ1v) is 8.62. The van der Waals surface area contributed by atoms with Gasteiger partial charge in [0.2, 0.25) is 5.91 Å². The van der Waals surface area contributed by atoms with Crippen molar-refractivity contribution in [1.29, 1.82) is 0 Å². The number of likely N-dealkylation sites (N-methyl/N-ethyl adjacent to an activating group) is 1. The van der Waals surface area contributed by atoms with Crippen molar-refractivity contribution in [2.45, 2.75) is 57.5 Å². The summed E-state index contributed by atoms with van der Waals surface area (Å²) in [5.74, 6) is -0.168. The minimum atomic E-state index is -0.474. The summed E-state index contributed by atoms with van der Waals surface area (Å²) in [6, 6.07) is 0.508. The third-order valence-corrected chi connectivity index (χ3v) is 5.17. The lowest BCUT2D eigenvalue weighted by atomic mass is 9.77. The number of hydrogen-bond donors (Lipinski definition) is 2. The number of nitrogens with two attached hydrogens (primary N) is 1. The Morgan fingerprint density at radius 3 is 2.57 bits per heavy atom. The number of nitrogens with one attached hydrogen (secondary N) is 1. The maximum atomic E-state index is 12.0. The highest BCUT2D eigenvalue weighted by atomic mass is 16.1. The first kappa shape index (κ1) is 16.7. The predicted octanol–water partition coefficient (Wildman–Crippen LogP) is 0.790. The van der Waals surface area contributed by atoms with Gasteiger partial charge in [-0.05, 0) is 45.2 Å². The third-order valence-electron chi connectivity index (χ3n) is 5.17. The minimum absolute atomic E-state index is 0.168. The SMILES string of the molecule is CCCN1CCN(C2CCCC(NCC)(C(N)=O)C2)CC1. The summed E-state index contributed by atoms with van der Waals surface area (Å²) in [7, 11) is 0. The van der Waals surface area contributed by atoms with E-state index in [1.807, 2.05) is 0 Å². The fourth-order valence-electron chi connectivity index (χ4n) is 4.04. The van der Waals surface area contributed by atoms with Gasteiger partial charge < -0.3 is 16.0 Å². The van der Waals surface area contributed by atoms with E-state index in [0.29, 0.717) is 6.04 Å². The molecule has 5 heteroatoms. The molecule has 2 atom stereocenters. The second-order valence-corrected chi connectivity index (χ2v) is 6.60. The van der Waals surface area contributed by atoms with Crippen LogP contribution in [0, 0.1) is 0 Å². The van der Waals surface area contributed by atoms with Crippen molar-refractivity contribution in [2.75, 3.05) is 39.3 Å². The highest BCUT2D eigenvalue weighted by Crippen LogP contribution is 2.31. The summed E-state index contributed by atoms with van der Waals surface area (Å²) in [4.78, 5) is 17.1. The van der Waals surface area contributed by atoms with Crippen LogP contribution in [0.2, 0.25) is 0 Å². The van der Waals surface area contributed by atoms with E-state index >= 15 is 0 Å². The molecule has 0 aromatic rings. The zero-order valence-corrected chi connectivity index (χ0v) is 13.7. The van der Waals surface area contributed by atoms with Gasteiger partial charge in [-0.25, -0.2) is 0 Å². The van der Waals surface area contributed by atoms with Crippen LogP contribution in [0.25, 0.3) is 0 Å². The fourth-order valence-corrected chi connectivity index (χ4v) is 4.04. The summed E-state index contributed by atoms with van der Waals surface area (Å²) in [6.45, 7) is 10.9. The molecule has 5 nitrogen and oxygen atoms in total. The number of piperazine rings is 1. The molecule has 1 saturated heterocycles. The molecular formula is C16H32N4O. The van der Waals surface area contributed by atoms with Gasteiger partial charge in [0.15, 0.2) is 0 Å². The first-order chi connectivity index (χ1) is 10.1. The molecule has 1 aliphatic carbocycles. The number of primary amides is 1. The van der Waals surface area contributed by atoms with E-state index in [1.54, 1.807) is 0 Å². The Labute approximate surface area is 129 Å². The van der Waals surface area contributed by atoms with E-state index < -0.39 is 5.54 Å². The third kappa shape index (κ3) is 3.96. The van der Waals surface area contributed by atoms with Gasteiger partial charge in [-0.15, -0.1) is 0 Å². The summed E-state index contributed by atoms with van der Waals surface area (Å²) < 4.78 is 0. The van der Waals surface area contributed by atoms with Crippen LogP contribution < -0.4 is 11.1 Å². The van der Waals surface area contributed by atoms with Crippen LogP contribution in [-0.2, 0) is 4.79 Å². The van der Waals surface area contributed by atoms with Crippen molar-refractivity contribution < 1.29 is 4.79 Å². The van der Waals surface area contributed by atoms with Crippen LogP contribution in [0.1, 0.15) is 46.0 Å². The Kier molecular flexibility index (Phi) is 6.02. The lowest BCUT2D eigenvalue weighted by molar-refractivity contribution is -0.126. The van der Waals surface area contributed by atoms with Crippen molar-refractivity contribution in [3.05, 3.63) is 0 Å². The molecule has 2 aliphatic rings. The second-order valence-electron chi connectivity index (χ2n) is 6.60. The summed E-state index contributed by atoms with van der Waals surface area (Å²) in [5.41, 5.74) is 5.24. The van der Waals surface area contributed by atoms with Gasteiger partial charge in [0.1, 0.15) is 0 Å². The predicted molar refractivity (Wildman–Crippen MR) is 86.2 cm³/mol. The zero-order chi connectivity index (χ0) is 15.3. The average Bonchev–Trinajstić information content (AvgIpc) is 2.49. The molecule has 0 aromatic carbocycles. The summed E-state index contributed by atoms with van der Waals surface area (Å²) in [5, 5.41) is 3.38. The van der Waals surface area contributed by atoms with Crippen LogP contribution in [-0.4, -0.2) is 66.6 Å². The first-order valence-electron chi connectivity index (χ1n) is 8.62. The average molecular weight is 296 g/mol. The largest absolute Gasteiger partial charge is 0.368 e. The molecule has 3 N–H and O–H groups in total. The smallest absolute Gasteiger partial charge is 0.237 e. The van der Waals surface area contributed by atoms with E-state index in [-0.39, 0.29) is 5.91 Å². The van der Waals surface area contributed by atoms with E-state index in [1.165, 1.54) is 19.4 Å². The molecule has 21 heavy (non-hydrogen) atoms. The van der Waals surface area contributed by atoms with Gasteiger partial charge in [0, 0.05) is 32.2 Å². The van der Waals surface area contributed by atoms with Crippen LogP contribution in [0.3, 0.4) is 0 Å². The van der Waals surface area contributed by atoms with Crippen LogP contribution >= 0.6 is 0 Å². The molecule has 2 fully saturated rings. The van der Waals surface area contributed by atoms with Gasteiger partial charge in [-0.1, -0.05) is 13.8 Å². The van der Waals surface area contributed by atoms with Crippen molar-refractivity contribution in [3.63, 3.8) is 0 Å². The number of carbonyl (C=O) groups is 1. The molecule has 0 spiro atoms. The molecule has 1 amide bonds. The Morgan fingerprint density at radius 1 is 1.29 bits per heavy atom. The summed E-state index contributed by atoms with van der Waals surface area (Å²) >= 11 is 0. The molecule has 122 valence electrons. The zero-order valence-electron chi connectivity index (χ0n) is 13.7. The molecule has 0 bridgehead atoms. The standard InChI is InChI=1S/C16H32N4O/c1-3-8-19-9-11-20(12-10-19)14-6-5-7-16(13-14,15(17)21)18-4-2/h14,18H,3-13H2,1-2H3,(H2,17,21). The monoisotopic (exact) mass is 296 g/mol. The van der Waals surface area contributed by atoms with Gasteiger partial charge >= 0.3 is 0 Å². The van der Waals surface area contributed by atoms with Crippen molar-refractivity contribution in [1.82, 2.24) is 15.1 Å². The minimum Gasteiger partial charge on any atom is -0.368 e. The lowest BCUT2D eigenvalue weighted by Crippen LogP contribution is -2.62. The van der Waals surface area contributed by atoms with Gasteiger partial charge in [-0.3, -0.25) is 9.69 Å². The Balaban J connectivity index is 1.93. The Bertz CT molecular complexity index is 337. The number of carbonyl (C=O) groups excluding carboxylic acids is 1. The summed E-state index contributed by atoms with van der Waals surface area (Å²) in [6.07, 6.45) is 5.30.